The van der Waals surface area contributed by atoms with Gasteiger partial charge in [-0.15, -0.1) is 0 Å². The number of carboxylic acids is 1. The van der Waals surface area contributed by atoms with Gasteiger partial charge < -0.3 is 28.7 Å². The number of aliphatic carboxylic acids is 1. The van der Waals surface area contributed by atoms with Gasteiger partial charge in [-0.3, -0.25) is 9.69 Å². The Kier molecular flexibility index (Phi) is 9.46. The molecule has 1 fully saturated rings. The molecule has 3 heterocycles. The summed E-state index contributed by atoms with van der Waals surface area (Å²) in [5.41, 5.74) is -0.766. The Morgan fingerprint density at radius 3 is 2.21 bits per heavy atom. The van der Waals surface area contributed by atoms with Gasteiger partial charge in [0.1, 0.15) is 46.8 Å². The molecule has 1 aromatic heterocycles. The van der Waals surface area contributed by atoms with Gasteiger partial charge in [0.25, 0.3) is 0 Å². The molecule has 2 amide bonds. The zero-order valence-electron chi connectivity index (χ0n) is 27.3. The zero-order valence-corrected chi connectivity index (χ0v) is 28.0. The first kappa shape index (κ1) is 34.7. The molecule has 2 bridgehead atoms. The van der Waals surface area contributed by atoms with Crippen LogP contribution in [0, 0.1) is 17.6 Å². The van der Waals surface area contributed by atoms with Crippen LogP contribution in [0.4, 0.5) is 18.4 Å². The van der Waals surface area contributed by atoms with E-state index in [9.17, 15) is 28.3 Å². The van der Waals surface area contributed by atoms with Gasteiger partial charge >= 0.3 is 18.2 Å². The van der Waals surface area contributed by atoms with E-state index in [0.29, 0.717) is 16.9 Å². The Labute approximate surface area is 281 Å². The van der Waals surface area contributed by atoms with Gasteiger partial charge in [0, 0.05) is 19.2 Å². The largest absolute Gasteiger partial charge is 0.486 e. The highest BCUT2D eigenvalue weighted by Gasteiger charge is 2.51. The maximum atomic E-state index is 14.3. The van der Waals surface area contributed by atoms with Crippen molar-refractivity contribution in [2.24, 2.45) is 5.92 Å². The molecule has 2 aliphatic rings. The van der Waals surface area contributed by atoms with E-state index in [1.807, 2.05) is 0 Å². The number of benzene rings is 2. The molecule has 1 N–H and O–H groups in total. The number of hydrogen-bond donors (Lipinski definition) is 1. The van der Waals surface area contributed by atoms with Crippen LogP contribution in [0.1, 0.15) is 52.9 Å². The smallest absolute Gasteiger partial charge is 0.411 e. The molecule has 256 valence electrons. The molecule has 2 aliphatic heterocycles. The van der Waals surface area contributed by atoms with E-state index in [4.69, 9.17) is 30.3 Å². The number of piperazine rings is 1. The number of ether oxygens (including phenoxy) is 3. The summed E-state index contributed by atoms with van der Waals surface area (Å²) >= 11 is 5.93. The molecular formula is C34H36ClF2N3O8. The fourth-order valence-corrected chi connectivity index (χ4v) is 5.91. The van der Waals surface area contributed by atoms with Crippen molar-refractivity contribution in [3.8, 4) is 17.0 Å². The maximum Gasteiger partial charge on any atom is 0.411 e. The van der Waals surface area contributed by atoms with Gasteiger partial charge in [0.2, 0.25) is 0 Å². The minimum absolute atomic E-state index is 0.00565. The highest BCUT2D eigenvalue weighted by atomic mass is 35.5. The summed E-state index contributed by atoms with van der Waals surface area (Å²) in [5, 5.41) is 13.8. The van der Waals surface area contributed by atoms with Crippen LogP contribution in [0.2, 0.25) is 5.02 Å². The van der Waals surface area contributed by atoms with Crippen molar-refractivity contribution < 1.29 is 47.0 Å². The van der Waals surface area contributed by atoms with Crippen molar-refractivity contribution in [2.45, 2.75) is 71.4 Å². The zero-order chi connectivity index (χ0) is 35.1. The predicted octanol–water partition coefficient (Wildman–Crippen LogP) is 7.18. The standard InChI is InChI=1S/C34H36ClF2N3O8/c1-33(2,3)46-31(43)39-15-19-13-22(27(30(41)42)26(16-39)40(19)32(44)47-34(4,5)6)18-7-9-20(10-8-18)45-17-21-14-25(38-48-21)28-23(36)11-12-24(37)29(28)35/h7-14,19,26-27H,15-17H2,1-6H3,(H,41,42). The lowest BCUT2D eigenvalue weighted by Crippen LogP contribution is -2.66. The second-order valence-corrected chi connectivity index (χ2v) is 13.9. The average Bonchev–Trinajstić information content (AvgIpc) is 3.44. The first-order valence-corrected chi connectivity index (χ1v) is 15.6. The number of fused-ring (bicyclic) bond motifs is 2. The number of hydrogen-bond acceptors (Lipinski definition) is 8. The Morgan fingerprint density at radius 2 is 1.58 bits per heavy atom. The summed E-state index contributed by atoms with van der Waals surface area (Å²) in [4.78, 5) is 42.1. The molecular weight excluding hydrogens is 652 g/mol. The molecule has 2 aromatic carbocycles. The predicted molar refractivity (Wildman–Crippen MR) is 170 cm³/mol. The second-order valence-electron chi connectivity index (χ2n) is 13.6. The van der Waals surface area contributed by atoms with Crippen LogP contribution in [-0.2, 0) is 20.9 Å². The number of carboxylic acid groups (broad SMARTS) is 1. The molecule has 0 aliphatic carbocycles. The van der Waals surface area contributed by atoms with Crippen LogP contribution >= 0.6 is 11.6 Å². The molecule has 0 spiro atoms. The number of halogens is 3. The number of carbonyl (C=O) groups excluding carboxylic acids is 2. The van der Waals surface area contributed by atoms with E-state index in [0.717, 1.165) is 12.1 Å². The van der Waals surface area contributed by atoms with Gasteiger partial charge in [-0.25, -0.2) is 18.4 Å². The number of carbonyl (C=O) groups is 3. The number of aromatic nitrogens is 1. The van der Waals surface area contributed by atoms with Gasteiger partial charge in [0.15, 0.2) is 5.76 Å². The van der Waals surface area contributed by atoms with Gasteiger partial charge in [-0.2, -0.15) is 0 Å². The number of nitrogens with zero attached hydrogens (tertiary/aromatic N) is 3. The summed E-state index contributed by atoms with van der Waals surface area (Å²) in [6.07, 6.45) is 0.398. The monoisotopic (exact) mass is 687 g/mol. The average molecular weight is 688 g/mol. The summed E-state index contributed by atoms with van der Waals surface area (Å²) < 4.78 is 50.4. The third kappa shape index (κ3) is 7.56. The fourth-order valence-electron chi connectivity index (χ4n) is 5.66. The van der Waals surface area contributed by atoms with Gasteiger partial charge in [0.05, 0.1) is 22.7 Å². The lowest BCUT2D eigenvalue weighted by molar-refractivity contribution is -0.143. The van der Waals surface area contributed by atoms with Crippen molar-refractivity contribution in [2.75, 3.05) is 13.1 Å². The summed E-state index contributed by atoms with van der Waals surface area (Å²) in [5.74, 6) is -3.31. The molecule has 48 heavy (non-hydrogen) atoms. The third-order valence-electron chi connectivity index (χ3n) is 7.57. The quantitative estimate of drug-likeness (QED) is 0.268. The summed E-state index contributed by atoms with van der Waals surface area (Å²) in [6, 6.07) is 8.26. The minimum atomic E-state index is -1.20. The van der Waals surface area contributed by atoms with E-state index in [-0.39, 0.29) is 36.7 Å². The second kappa shape index (κ2) is 13.1. The first-order valence-electron chi connectivity index (χ1n) is 15.2. The Balaban J connectivity index is 1.38. The first-order chi connectivity index (χ1) is 22.4. The van der Waals surface area contributed by atoms with Crippen LogP contribution in [0.5, 0.6) is 5.75 Å². The molecule has 3 aromatic rings. The SMILES string of the molecule is CC(C)(C)OC(=O)N1CC2C=C(c3ccc(OCc4cc(-c5c(F)ccc(F)c5Cl)no4)cc3)C(C(=O)O)C(C1)N2C(=O)OC(C)(C)C. The molecule has 3 atom stereocenters. The van der Waals surface area contributed by atoms with Crippen LogP contribution in [-0.4, -0.2) is 74.6 Å². The van der Waals surface area contributed by atoms with E-state index in [2.05, 4.69) is 5.16 Å². The van der Waals surface area contributed by atoms with Gasteiger partial charge in [-0.05, 0) is 76.9 Å². The van der Waals surface area contributed by atoms with E-state index in [1.54, 1.807) is 71.9 Å². The molecule has 14 heteroatoms. The highest BCUT2D eigenvalue weighted by Crippen LogP contribution is 2.40. The van der Waals surface area contributed by atoms with Crippen LogP contribution in [0.25, 0.3) is 16.8 Å². The topological polar surface area (TPSA) is 132 Å². The summed E-state index contributed by atoms with van der Waals surface area (Å²) in [6.45, 7) is 10.3. The maximum absolute atomic E-state index is 14.3. The lowest BCUT2D eigenvalue weighted by atomic mass is 9.79. The number of rotatable bonds is 6. The van der Waals surface area contributed by atoms with Crippen molar-refractivity contribution in [1.29, 1.82) is 0 Å². The third-order valence-corrected chi connectivity index (χ3v) is 7.94. The normalized spacial score (nSPS) is 19.4. The molecule has 3 unspecified atom stereocenters. The van der Waals surface area contributed by atoms with Crippen molar-refractivity contribution in [3.63, 3.8) is 0 Å². The number of amides is 2. The van der Waals surface area contributed by atoms with E-state index in [1.165, 1.54) is 15.9 Å². The molecule has 11 nitrogen and oxygen atoms in total. The highest BCUT2D eigenvalue weighted by molar-refractivity contribution is 6.33. The van der Waals surface area contributed by atoms with E-state index < -0.39 is 64.0 Å². The lowest BCUT2D eigenvalue weighted by Gasteiger charge is -2.50. The van der Waals surface area contributed by atoms with Crippen LogP contribution in [0.15, 0.2) is 53.1 Å². The van der Waals surface area contributed by atoms with Crippen LogP contribution in [0.3, 0.4) is 0 Å². The molecule has 0 saturated carbocycles. The van der Waals surface area contributed by atoms with Gasteiger partial charge in [-0.1, -0.05) is 35.0 Å². The Bertz CT molecular complexity index is 1750. The van der Waals surface area contributed by atoms with E-state index >= 15 is 0 Å². The molecule has 1 saturated heterocycles. The minimum Gasteiger partial charge on any atom is -0.486 e. The van der Waals surface area contributed by atoms with Crippen molar-refractivity contribution in [3.05, 3.63) is 76.5 Å². The molecule has 0 radical (unpaired) electrons. The van der Waals surface area contributed by atoms with Crippen molar-refractivity contribution >= 4 is 35.3 Å². The Morgan fingerprint density at radius 1 is 0.958 bits per heavy atom. The summed E-state index contributed by atoms with van der Waals surface area (Å²) in [7, 11) is 0. The fraction of sp³-hybridized carbons (Fsp3) is 0.412. The Hall–Kier alpha value is -4.65. The molecule has 5 rings (SSSR count). The van der Waals surface area contributed by atoms with Crippen LogP contribution < -0.4 is 4.74 Å². The van der Waals surface area contributed by atoms with Crippen molar-refractivity contribution in [1.82, 2.24) is 15.0 Å².